The fraction of sp³-hybridized carbons (Fsp3) is 0.333. The Kier molecular flexibility index (Phi) is 14.7. The molecule has 0 aliphatic heterocycles. The molecule has 0 heterocycles. The van der Waals surface area contributed by atoms with Crippen molar-refractivity contribution in [1.82, 2.24) is 4.72 Å². The van der Waals surface area contributed by atoms with E-state index in [1.807, 2.05) is 36.4 Å². The van der Waals surface area contributed by atoms with Crippen LogP contribution in [-0.4, -0.2) is 5.11 Å². The molecule has 0 saturated heterocycles. The number of hydrogen-bond donors (Lipinski definition) is 3. The van der Waals surface area contributed by atoms with E-state index in [1.165, 1.54) is 0 Å². The van der Waals surface area contributed by atoms with Crippen LogP contribution in [-0.2, 0) is 27.1 Å². The van der Waals surface area contributed by atoms with Crippen molar-refractivity contribution in [3.05, 3.63) is 58.8 Å². The molecule has 25 heavy (non-hydrogen) atoms. The molecule has 1 atom stereocenters. The number of halogens is 3. The van der Waals surface area contributed by atoms with Crippen LogP contribution in [0, 0.1) is 5.92 Å². The Morgan fingerprint density at radius 2 is 1.76 bits per heavy atom. The predicted molar refractivity (Wildman–Crippen MR) is 93.3 cm³/mol. The first kappa shape index (κ1) is 29.7. The summed E-state index contributed by atoms with van der Waals surface area (Å²) in [7, 11) is 0. The standard InChI is InChI=1S/C18H23NOS.3ClH.Ti/c1-12-13(7-6-10-16(12)19-21)11-14-8-5-9-15(17(14)20)18(2,3)4;;;;/h5-12,19-21H,1-4H3;3*1H;/q;;;;+3/p-3. The van der Waals surface area contributed by atoms with Gasteiger partial charge in [-0.3, -0.25) is 0 Å². The SMILES string of the molecule is CC1C(=Cc2cccc(C(C)(C)C)c2O)C=CC=C1NS.[Cl-].[Cl-].[Cl-].[Ti+3]. The van der Waals surface area contributed by atoms with E-state index in [2.05, 4.69) is 51.3 Å². The van der Waals surface area contributed by atoms with E-state index < -0.39 is 0 Å². The van der Waals surface area contributed by atoms with Gasteiger partial charge in [0.25, 0.3) is 0 Å². The first-order valence-electron chi connectivity index (χ1n) is 7.17. The average molecular weight is 456 g/mol. The van der Waals surface area contributed by atoms with Crippen LogP contribution in [0.5, 0.6) is 5.75 Å². The molecule has 0 spiro atoms. The molecule has 1 unspecified atom stereocenters. The van der Waals surface area contributed by atoms with Gasteiger partial charge in [0.05, 0.1) is 0 Å². The number of phenols is 1. The van der Waals surface area contributed by atoms with Gasteiger partial charge in [-0.05, 0) is 28.7 Å². The van der Waals surface area contributed by atoms with Crippen molar-refractivity contribution in [3.8, 4) is 5.75 Å². The number of para-hydroxylation sites is 1. The van der Waals surface area contributed by atoms with E-state index in [4.69, 9.17) is 0 Å². The smallest absolute Gasteiger partial charge is 1.00 e. The van der Waals surface area contributed by atoms with Crippen molar-refractivity contribution in [2.45, 2.75) is 33.1 Å². The van der Waals surface area contributed by atoms with Crippen LogP contribution in [0.2, 0.25) is 0 Å². The zero-order valence-electron chi connectivity index (χ0n) is 14.6. The van der Waals surface area contributed by atoms with E-state index >= 15 is 0 Å². The Labute approximate surface area is 190 Å². The summed E-state index contributed by atoms with van der Waals surface area (Å²) < 4.78 is 2.92. The Hall–Kier alpha value is -0.0257. The third-order valence-electron chi connectivity index (χ3n) is 3.86. The van der Waals surface area contributed by atoms with Gasteiger partial charge in [0.1, 0.15) is 5.75 Å². The van der Waals surface area contributed by atoms with E-state index in [0.717, 1.165) is 22.4 Å². The first-order valence-corrected chi connectivity index (χ1v) is 7.61. The van der Waals surface area contributed by atoms with E-state index in [-0.39, 0.29) is 70.3 Å². The number of benzene rings is 1. The maximum absolute atomic E-state index is 10.6. The summed E-state index contributed by atoms with van der Waals surface area (Å²) in [5.41, 5.74) is 3.94. The van der Waals surface area contributed by atoms with E-state index in [1.54, 1.807) is 0 Å². The van der Waals surface area contributed by atoms with Crippen molar-refractivity contribution >= 4 is 18.9 Å². The Bertz CT molecular complexity index is 640. The van der Waals surface area contributed by atoms with Crippen LogP contribution < -0.4 is 41.9 Å². The molecule has 0 saturated carbocycles. The third-order valence-corrected chi connectivity index (χ3v) is 4.12. The summed E-state index contributed by atoms with van der Waals surface area (Å²) >= 11 is 4.14. The van der Waals surface area contributed by atoms with Crippen molar-refractivity contribution < 1.29 is 64.0 Å². The third kappa shape index (κ3) is 7.24. The van der Waals surface area contributed by atoms with Crippen LogP contribution in [0.15, 0.2) is 47.7 Å². The minimum Gasteiger partial charge on any atom is -1.00 e. The number of phenolic OH excluding ortho intramolecular Hbond substituents is 1. The summed E-state index contributed by atoms with van der Waals surface area (Å²) in [5.74, 6) is 0.596. The zero-order valence-corrected chi connectivity index (χ0v) is 19.4. The summed E-state index contributed by atoms with van der Waals surface area (Å²) in [6.45, 7) is 8.43. The number of allylic oxidation sites excluding steroid dienone is 4. The van der Waals surface area contributed by atoms with Gasteiger partial charge in [0.2, 0.25) is 0 Å². The number of aromatic hydroxyl groups is 1. The fourth-order valence-electron chi connectivity index (χ4n) is 2.50. The molecule has 1 aromatic carbocycles. The zero-order chi connectivity index (χ0) is 15.6. The van der Waals surface area contributed by atoms with Crippen LogP contribution in [0.4, 0.5) is 0 Å². The van der Waals surface area contributed by atoms with Gasteiger partial charge in [0.15, 0.2) is 0 Å². The summed E-state index contributed by atoms with van der Waals surface area (Å²) in [6.07, 6.45) is 8.13. The molecular weight excluding hydrogens is 432 g/mol. The molecule has 1 aliphatic carbocycles. The minimum absolute atomic E-state index is 0. The van der Waals surface area contributed by atoms with Gasteiger partial charge in [-0.15, -0.1) is 0 Å². The number of thiol groups is 1. The topological polar surface area (TPSA) is 32.3 Å². The van der Waals surface area contributed by atoms with Crippen LogP contribution >= 0.6 is 12.8 Å². The molecule has 0 bridgehead atoms. The molecule has 0 aromatic heterocycles. The molecule has 2 nitrogen and oxygen atoms in total. The molecule has 137 valence electrons. The predicted octanol–water partition coefficient (Wildman–Crippen LogP) is -4.39. The maximum Gasteiger partial charge on any atom is 3.00 e. The second-order valence-electron chi connectivity index (χ2n) is 6.45. The Balaban J connectivity index is -0.00000121. The van der Waals surface area contributed by atoms with Gasteiger partial charge >= 0.3 is 21.7 Å². The fourth-order valence-corrected chi connectivity index (χ4v) is 2.77. The molecule has 1 radical (unpaired) electrons. The summed E-state index contributed by atoms with van der Waals surface area (Å²) in [4.78, 5) is 0. The molecule has 7 heteroatoms. The summed E-state index contributed by atoms with van der Waals surface area (Å²) in [5, 5.41) is 10.6. The van der Waals surface area contributed by atoms with Crippen molar-refractivity contribution in [3.63, 3.8) is 0 Å². The van der Waals surface area contributed by atoms with Gasteiger partial charge in [-0.25, -0.2) is 0 Å². The van der Waals surface area contributed by atoms with E-state index in [9.17, 15) is 5.11 Å². The molecule has 0 fully saturated rings. The molecule has 1 aromatic rings. The molecule has 1 aliphatic rings. The number of nitrogens with one attached hydrogen (secondary N) is 1. The maximum atomic E-state index is 10.6. The van der Waals surface area contributed by atoms with Gasteiger partial charge in [-0.2, -0.15) is 0 Å². The number of hydrogen-bond acceptors (Lipinski definition) is 3. The van der Waals surface area contributed by atoms with Crippen molar-refractivity contribution in [1.29, 1.82) is 0 Å². The van der Waals surface area contributed by atoms with Crippen LogP contribution in [0.3, 0.4) is 0 Å². The molecule has 2 N–H and O–H groups in total. The second kappa shape index (κ2) is 12.4. The van der Waals surface area contributed by atoms with Crippen LogP contribution in [0.25, 0.3) is 6.08 Å². The van der Waals surface area contributed by atoms with Crippen LogP contribution in [0.1, 0.15) is 38.8 Å². The largest absolute Gasteiger partial charge is 3.00 e. The quantitative estimate of drug-likeness (QED) is 0.311. The molecular formula is C18H23Cl3NOSTi. The van der Waals surface area contributed by atoms with Gasteiger partial charge in [-0.1, -0.05) is 70.9 Å². The van der Waals surface area contributed by atoms with Gasteiger partial charge < -0.3 is 47.0 Å². The van der Waals surface area contributed by atoms with E-state index in [0.29, 0.717) is 5.75 Å². The second-order valence-corrected chi connectivity index (χ2v) is 6.68. The Morgan fingerprint density at radius 1 is 1.16 bits per heavy atom. The monoisotopic (exact) mass is 454 g/mol. The van der Waals surface area contributed by atoms with Gasteiger partial charge in [0, 0.05) is 17.2 Å². The molecule has 2 rings (SSSR count). The molecule has 0 amide bonds. The Morgan fingerprint density at radius 3 is 2.28 bits per heavy atom. The van der Waals surface area contributed by atoms with Crippen molar-refractivity contribution in [2.75, 3.05) is 0 Å². The summed E-state index contributed by atoms with van der Waals surface area (Å²) in [6, 6.07) is 5.93. The minimum atomic E-state index is -0.0790. The van der Waals surface area contributed by atoms with Crippen molar-refractivity contribution in [2.24, 2.45) is 5.92 Å². The number of rotatable bonds is 2. The average Bonchev–Trinajstić information content (AvgIpc) is 2.42. The normalized spacial score (nSPS) is 17.2. The first-order chi connectivity index (χ1) is 9.84.